The van der Waals surface area contributed by atoms with E-state index in [9.17, 15) is 8.42 Å². The van der Waals surface area contributed by atoms with Gasteiger partial charge in [-0.2, -0.15) is 0 Å². The summed E-state index contributed by atoms with van der Waals surface area (Å²) in [5.41, 5.74) is 6.53. The van der Waals surface area contributed by atoms with Gasteiger partial charge in [0.05, 0.1) is 18.6 Å². The zero-order valence-electron chi connectivity index (χ0n) is 13.7. The van der Waals surface area contributed by atoms with Gasteiger partial charge in [-0.15, -0.1) is 24.0 Å². The largest absolute Gasteiger partial charge is 0.497 e. The van der Waals surface area contributed by atoms with Gasteiger partial charge in [-0.05, 0) is 36.4 Å². The summed E-state index contributed by atoms with van der Waals surface area (Å²) in [5, 5.41) is 2.92. The van der Waals surface area contributed by atoms with Crippen LogP contribution in [0.1, 0.15) is 0 Å². The molecular formula is C16H21IN4O3S. The third-order valence-corrected chi connectivity index (χ3v) is 4.58. The Kier molecular flexibility index (Phi) is 8.66. The van der Waals surface area contributed by atoms with E-state index in [1.54, 1.807) is 49.6 Å². The number of sulfonamides is 1. The van der Waals surface area contributed by atoms with Crippen LogP contribution >= 0.6 is 24.0 Å². The number of ether oxygens (including phenoxy) is 1. The third kappa shape index (κ3) is 6.88. The predicted octanol–water partition coefficient (Wildman–Crippen LogP) is 2.02. The summed E-state index contributed by atoms with van der Waals surface area (Å²) in [6.07, 6.45) is 0. The smallest absolute Gasteiger partial charge is 0.240 e. The summed E-state index contributed by atoms with van der Waals surface area (Å²) >= 11 is 0. The van der Waals surface area contributed by atoms with E-state index in [2.05, 4.69) is 15.0 Å². The third-order valence-electron chi connectivity index (χ3n) is 3.10. The number of benzene rings is 2. The molecule has 7 nitrogen and oxygen atoms in total. The Labute approximate surface area is 164 Å². The molecule has 0 unspecified atom stereocenters. The minimum absolute atomic E-state index is 0. The van der Waals surface area contributed by atoms with Crippen molar-refractivity contribution in [3.05, 3.63) is 54.6 Å². The van der Waals surface area contributed by atoms with Gasteiger partial charge in [-0.25, -0.2) is 13.1 Å². The van der Waals surface area contributed by atoms with Crippen LogP contribution in [0.25, 0.3) is 0 Å². The van der Waals surface area contributed by atoms with Crippen LogP contribution < -0.4 is 20.5 Å². The zero-order valence-corrected chi connectivity index (χ0v) is 16.8. The average Bonchev–Trinajstić information content (AvgIpc) is 2.60. The first-order valence-corrected chi connectivity index (χ1v) is 8.75. The lowest BCUT2D eigenvalue weighted by molar-refractivity contribution is 0.415. The van der Waals surface area contributed by atoms with Gasteiger partial charge in [0.1, 0.15) is 5.75 Å². The molecule has 0 radical (unpaired) electrons. The molecule has 0 amide bonds. The predicted molar refractivity (Wildman–Crippen MR) is 110 cm³/mol. The Hall–Kier alpha value is -1.85. The number of anilines is 1. The molecule has 0 aliphatic rings. The lowest BCUT2D eigenvalue weighted by Crippen LogP contribution is -2.28. The Morgan fingerprint density at radius 1 is 1.12 bits per heavy atom. The molecule has 9 heteroatoms. The molecule has 0 atom stereocenters. The van der Waals surface area contributed by atoms with E-state index in [-0.39, 0.29) is 47.9 Å². The highest BCUT2D eigenvalue weighted by atomic mass is 127. The number of hydrogen-bond donors (Lipinski definition) is 3. The van der Waals surface area contributed by atoms with Crippen molar-refractivity contribution in [1.82, 2.24) is 4.72 Å². The average molecular weight is 476 g/mol. The maximum Gasteiger partial charge on any atom is 0.240 e. The second-order valence-electron chi connectivity index (χ2n) is 4.83. The highest BCUT2D eigenvalue weighted by Gasteiger charge is 2.11. The van der Waals surface area contributed by atoms with Crippen molar-refractivity contribution in [3.63, 3.8) is 0 Å². The normalized spacial score (nSPS) is 11.5. The maximum atomic E-state index is 12.0. The summed E-state index contributed by atoms with van der Waals surface area (Å²) in [6, 6.07) is 15.4. The lowest BCUT2D eigenvalue weighted by Gasteiger charge is -2.07. The minimum atomic E-state index is -3.52. The topological polar surface area (TPSA) is 106 Å². The van der Waals surface area contributed by atoms with Crippen molar-refractivity contribution in [2.75, 3.05) is 25.5 Å². The number of nitrogens with one attached hydrogen (secondary N) is 2. The van der Waals surface area contributed by atoms with Gasteiger partial charge in [0.2, 0.25) is 10.0 Å². The fraction of sp³-hybridized carbons (Fsp3) is 0.188. The number of halogens is 1. The van der Waals surface area contributed by atoms with Crippen LogP contribution in [0.3, 0.4) is 0 Å². The molecule has 0 saturated heterocycles. The van der Waals surface area contributed by atoms with E-state index >= 15 is 0 Å². The summed E-state index contributed by atoms with van der Waals surface area (Å²) in [5.74, 6) is 0.949. The summed E-state index contributed by atoms with van der Waals surface area (Å²) < 4.78 is 31.6. The van der Waals surface area contributed by atoms with Gasteiger partial charge in [0, 0.05) is 12.2 Å². The second kappa shape index (κ2) is 10.2. The monoisotopic (exact) mass is 476 g/mol. The van der Waals surface area contributed by atoms with Gasteiger partial charge in [0.25, 0.3) is 0 Å². The molecular weight excluding hydrogens is 455 g/mol. The first-order valence-electron chi connectivity index (χ1n) is 7.27. The lowest BCUT2D eigenvalue weighted by atomic mass is 10.3. The van der Waals surface area contributed by atoms with Crippen LogP contribution in [-0.4, -0.2) is 34.6 Å². The molecule has 4 N–H and O–H groups in total. The Morgan fingerprint density at radius 2 is 1.76 bits per heavy atom. The van der Waals surface area contributed by atoms with Gasteiger partial charge >= 0.3 is 0 Å². The second-order valence-corrected chi connectivity index (χ2v) is 6.60. The van der Waals surface area contributed by atoms with Gasteiger partial charge in [0.15, 0.2) is 5.96 Å². The van der Waals surface area contributed by atoms with Crippen LogP contribution in [0.2, 0.25) is 0 Å². The minimum Gasteiger partial charge on any atom is -0.497 e. The van der Waals surface area contributed by atoms with Crippen molar-refractivity contribution in [3.8, 4) is 5.75 Å². The molecule has 0 aromatic heterocycles. The van der Waals surface area contributed by atoms with Crippen LogP contribution in [-0.2, 0) is 10.0 Å². The zero-order chi connectivity index (χ0) is 17.4. The molecule has 2 aromatic rings. The fourth-order valence-corrected chi connectivity index (χ4v) is 2.94. The van der Waals surface area contributed by atoms with Crippen molar-refractivity contribution >= 4 is 45.6 Å². The number of methoxy groups -OCH3 is 1. The summed E-state index contributed by atoms with van der Waals surface area (Å²) in [6.45, 7) is 0.378. The molecule has 0 bridgehead atoms. The van der Waals surface area contributed by atoms with E-state index in [4.69, 9.17) is 10.5 Å². The van der Waals surface area contributed by atoms with Crippen molar-refractivity contribution < 1.29 is 13.2 Å². The Bertz CT molecular complexity index is 781. The van der Waals surface area contributed by atoms with E-state index in [0.717, 1.165) is 11.4 Å². The molecule has 2 rings (SSSR count). The maximum absolute atomic E-state index is 12.0. The van der Waals surface area contributed by atoms with Crippen molar-refractivity contribution in [2.45, 2.75) is 4.90 Å². The van der Waals surface area contributed by atoms with Crippen LogP contribution in [0.5, 0.6) is 5.75 Å². The Morgan fingerprint density at radius 3 is 2.36 bits per heavy atom. The van der Waals surface area contributed by atoms with Crippen LogP contribution in [0.4, 0.5) is 5.69 Å². The first-order chi connectivity index (χ1) is 11.5. The number of hydrogen-bond acceptors (Lipinski definition) is 4. The number of nitrogens with two attached hydrogens (primary N) is 1. The highest BCUT2D eigenvalue weighted by Crippen LogP contribution is 2.14. The molecule has 0 saturated carbocycles. The molecule has 0 fully saturated rings. The number of aliphatic imine (C=N–C) groups is 1. The van der Waals surface area contributed by atoms with Gasteiger partial charge in [-0.3, -0.25) is 4.99 Å². The van der Waals surface area contributed by atoms with Crippen LogP contribution in [0, 0.1) is 0 Å². The molecule has 0 spiro atoms. The quantitative estimate of drug-likeness (QED) is 0.246. The van der Waals surface area contributed by atoms with Crippen molar-refractivity contribution in [1.29, 1.82) is 0 Å². The number of guanidine groups is 1. The molecule has 0 heterocycles. The van der Waals surface area contributed by atoms with Crippen LogP contribution in [0.15, 0.2) is 64.5 Å². The molecule has 25 heavy (non-hydrogen) atoms. The standard InChI is InChI=1S/C16H20N4O3S.HI/c1-23-14-9-7-13(8-10-14)20-16(17)18-11-12-19-24(21,22)15-5-3-2-4-6-15;/h2-10,19H,11-12H2,1H3,(H3,17,18,20);1H. The van der Waals surface area contributed by atoms with E-state index in [1.165, 1.54) is 12.1 Å². The summed E-state index contributed by atoms with van der Waals surface area (Å²) in [4.78, 5) is 4.30. The summed E-state index contributed by atoms with van der Waals surface area (Å²) in [7, 11) is -1.93. The first kappa shape index (κ1) is 21.2. The molecule has 2 aromatic carbocycles. The fourth-order valence-electron chi connectivity index (χ4n) is 1.90. The molecule has 0 aliphatic carbocycles. The Balaban J connectivity index is 0.00000312. The van der Waals surface area contributed by atoms with Gasteiger partial charge < -0.3 is 15.8 Å². The molecule has 0 aliphatic heterocycles. The van der Waals surface area contributed by atoms with E-state index in [1.807, 2.05) is 0 Å². The van der Waals surface area contributed by atoms with Crippen molar-refractivity contribution in [2.24, 2.45) is 10.7 Å². The number of nitrogens with zero attached hydrogens (tertiary/aromatic N) is 1. The van der Waals surface area contributed by atoms with E-state index < -0.39 is 10.0 Å². The van der Waals surface area contributed by atoms with E-state index in [0.29, 0.717) is 0 Å². The SMILES string of the molecule is COc1ccc(NC(N)=NCCNS(=O)(=O)c2ccccc2)cc1.I. The molecule has 136 valence electrons. The van der Waals surface area contributed by atoms with Gasteiger partial charge in [-0.1, -0.05) is 18.2 Å². The number of rotatable bonds is 7. The highest BCUT2D eigenvalue weighted by molar-refractivity contribution is 14.0.